The lowest BCUT2D eigenvalue weighted by Crippen LogP contribution is -1.97. The van der Waals surface area contributed by atoms with Gasteiger partial charge in [-0.05, 0) is 36.4 Å². The number of carboxylic acids is 2. The molecule has 0 bridgehead atoms. The summed E-state index contributed by atoms with van der Waals surface area (Å²) in [7, 11) is 0. The summed E-state index contributed by atoms with van der Waals surface area (Å²) in [6.07, 6.45) is 0. The van der Waals surface area contributed by atoms with Crippen LogP contribution in [-0.4, -0.2) is 32.4 Å². The Morgan fingerprint density at radius 1 is 0.727 bits per heavy atom. The van der Waals surface area contributed by atoms with Crippen LogP contribution in [0.4, 0.5) is 11.4 Å². The number of hydrogen-bond acceptors (Lipinski definition) is 6. The molecule has 0 fully saturated rings. The lowest BCUT2D eigenvalue weighted by Gasteiger charge is -2.02. The molecule has 112 valence electrons. The molecule has 0 unspecified atom stereocenters. The minimum absolute atomic E-state index is 0.0466. The molecule has 2 aromatic rings. The van der Waals surface area contributed by atoms with Crippen LogP contribution >= 0.6 is 0 Å². The summed E-state index contributed by atoms with van der Waals surface area (Å²) in [6.45, 7) is 0. The Morgan fingerprint density at radius 2 is 1.09 bits per heavy atom. The number of carboxylic acid groups (broad SMARTS) is 2. The first-order valence-corrected chi connectivity index (χ1v) is 5.93. The SMILES string of the molecule is O=C(O)c1cc(O)ccc1N=Nc1ccc(O)cc1C(=O)O. The van der Waals surface area contributed by atoms with Gasteiger partial charge in [0.05, 0.1) is 11.1 Å². The number of nitrogens with zero attached hydrogens (tertiary/aromatic N) is 2. The number of carbonyl (C=O) groups is 2. The van der Waals surface area contributed by atoms with Gasteiger partial charge in [0, 0.05) is 0 Å². The van der Waals surface area contributed by atoms with Crippen LogP contribution in [0.2, 0.25) is 0 Å². The van der Waals surface area contributed by atoms with Crippen molar-refractivity contribution in [1.29, 1.82) is 0 Å². The molecule has 0 radical (unpaired) electrons. The van der Waals surface area contributed by atoms with E-state index in [2.05, 4.69) is 10.2 Å². The molecule has 0 saturated carbocycles. The van der Waals surface area contributed by atoms with Crippen LogP contribution in [0.15, 0.2) is 46.6 Å². The zero-order valence-electron chi connectivity index (χ0n) is 11.0. The summed E-state index contributed by atoms with van der Waals surface area (Å²) in [5.74, 6) is -3.11. The number of aromatic hydroxyl groups is 2. The Kier molecular flexibility index (Phi) is 4.03. The second-order valence-electron chi connectivity index (χ2n) is 4.21. The van der Waals surface area contributed by atoms with E-state index in [0.717, 1.165) is 12.1 Å². The third-order valence-corrected chi connectivity index (χ3v) is 2.69. The fourth-order valence-corrected chi connectivity index (χ4v) is 1.67. The van der Waals surface area contributed by atoms with Gasteiger partial charge in [0.15, 0.2) is 0 Å². The summed E-state index contributed by atoms with van der Waals surface area (Å²) in [5, 5.41) is 44.0. The summed E-state index contributed by atoms with van der Waals surface area (Å²) in [5.41, 5.74) is -0.650. The van der Waals surface area contributed by atoms with Crippen LogP contribution in [0.5, 0.6) is 11.5 Å². The maximum absolute atomic E-state index is 11.1. The molecule has 2 rings (SSSR count). The molecule has 0 heterocycles. The highest BCUT2D eigenvalue weighted by Crippen LogP contribution is 2.29. The van der Waals surface area contributed by atoms with E-state index in [9.17, 15) is 19.8 Å². The van der Waals surface area contributed by atoms with E-state index < -0.39 is 11.9 Å². The van der Waals surface area contributed by atoms with Gasteiger partial charge in [0.1, 0.15) is 22.9 Å². The van der Waals surface area contributed by atoms with Crippen molar-refractivity contribution in [2.24, 2.45) is 10.2 Å². The van der Waals surface area contributed by atoms with Gasteiger partial charge in [0.2, 0.25) is 0 Å². The average Bonchev–Trinajstić information content (AvgIpc) is 2.46. The molecule has 0 aliphatic rings. The standard InChI is InChI=1S/C14H10N2O6/c17-7-1-3-11(9(5-7)13(19)20)15-16-12-4-2-8(18)6-10(12)14(21)22/h1-6,17-18H,(H,19,20)(H,21,22). The Bertz CT molecular complexity index is 719. The van der Waals surface area contributed by atoms with Gasteiger partial charge < -0.3 is 20.4 Å². The summed E-state index contributed by atoms with van der Waals surface area (Å²) in [4.78, 5) is 22.1. The number of benzene rings is 2. The van der Waals surface area contributed by atoms with Crippen molar-refractivity contribution in [3.8, 4) is 11.5 Å². The average molecular weight is 302 g/mol. The minimum atomic E-state index is -1.31. The van der Waals surface area contributed by atoms with Crippen LogP contribution in [-0.2, 0) is 0 Å². The summed E-state index contributed by atoms with van der Waals surface area (Å²) in [6, 6.07) is 6.95. The van der Waals surface area contributed by atoms with Crippen molar-refractivity contribution in [3.63, 3.8) is 0 Å². The first-order valence-electron chi connectivity index (χ1n) is 5.93. The fraction of sp³-hybridized carbons (Fsp3) is 0. The van der Waals surface area contributed by atoms with Crippen LogP contribution < -0.4 is 0 Å². The Labute approximate surface area is 123 Å². The molecule has 4 N–H and O–H groups in total. The molecular weight excluding hydrogens is 292 g/mol. The number of hydrogen-bond donors (Lipinski definition) is 4. The van der Waals surface area contributed by atoms with Gasteiger partial charge in [-0.15, -0.1) is 10.2 Å². The van der Waals surface area contributed by atoms with Gasteiger partial charge >= 0.3 is 11.9 Å². The molecular formula is C14H10N2O6. The van der Waals surface area contributed by atoms with Crippen molar-refractivity contribution in [2.75, 3.05) is 0 Å². The van der Waals surface area contributed by atoms with Gasteiger partial charge in [0.25, 0.3) is 0 Å². The fourth-order valence-electron chi connectivity index (χ4n) is 1.67. The number of rotatable bonds is 4. The summed E-state index contributed by atoms with van der Waals surface area (Å²) >= 11 is 0. The van der Waals surface area contributed by atoms with Crippen molar-refractivity contribution in [3.05, 3.63) is 47.5 Å². The minimum Gasteiger partial charge on any atom is -0.508 e. The highest BCUT2D eigenvalue weighted by atomic mass is 16.4. The number of phenols is 2. The normalized spacial score (nSPS) is 10.7. The smallest absolute Gasteiger partial charge is 0.338 e. The van der Waals surface area contributed by atoms with E-state index in [4.69, 9.17) is 10.2 Å². The molecule has 8 heteroatoms. The van der Waals surface area contributed by atoms with E-state index in [1.807, 2.05) is 0 Å². The van der Waals surface area contributed by atoms with Gasteiger partial charge in [-0.2, -0.15) is 0 Å². The van der Waals surface area contributed by atoms with Gasteiger partial charge in [-0.1, -0.05) is 0 Å². The molecule has 0 amide bonds. The van der Waals surface area contributed by atoms with E-state index >= 15 is 0 Å². The second-order valence-corrected chi connectivity index (χ2v) is 4.21. The second kappa shape index (κ2) is 5.92. The van der Waals surface area contributed by atoms with E-state index in [0.29, 0.717) is 0 Å². The van der Waals surface area contributed by atoms with E-state index in [1.54, 1.807) is 0 Å². The lowest BCUT2D eigenvalue weighted by atomic mass is 10.1. The molecule has 0 aliphatic carbocycles. The highest BCUT2D eigenvalue weighted by Gasteiger charge is 2.13. The summed E-state index contributed by atoms with van der Waals surface area (Å²) < 4.78 is 0. The molecule has 2 aromatic carbocycles. The molecule has 0 atom stereocenters. The number of aromatic carboxylic acids is 2. The largest absolute Gasteiger partial charge is 0.508 e. The molecule has 0 spiro atoms. The monoisotopic (exact) mass is 302 g/mol. The van der Waals surface area contributed by atoms with E-state index in [-0.39, 0.29) is 34.0 Å². The van der Waals surface area contributed by atoms with E-state index in [1.165, 1.54) is 24.3 Å². The zero-order valence-corrected chi connectivity index (χ0v) is 11.0. The predicted octanol–water partition coefficient (Wildman–Crippen LogP) is 2.91. The maximum atomic E-state index is 11.1. The third-order valence-electron chi connectivity index (χ3n) is 2.69. The molecule has 0 saturated heterocycles. The highest BCUT2D eigenvalue weighted by molar-refractivity contribution is 5.94. The number of phenolic OH excluding ortho intramolecular Hbond substituents is 2. The Morgan fingerprint density at radius 3 is 1.41 bits per heavy atom. The molecule has 0 aliphatic heterocycles. The van der Waals surface area contributed by atoms with Crippen molar-refractivity contribution >= 4 is 23.3 Å². The van der Waals surface area contributed by atoms with Crippen molar-refractivity contribution in [1.82, 2.24) is 0 Å². The van der Waals surface area contributed by atoms with Gasteiger partial charge in [-0.3, -0.25) is 0 Å². The molecule has 22 heavy (non-hydrogen) atoms. The number of azo groups is 1. The maximum Gasteiger partial charge on any atom is 0.338 e. The van der Waals surface area contributed by atoms with Crippen LogP contribution in [0.25, 0.3) is 0 Å². The van der Waals surface area contributed by atoms with Crippen LogP contribution in [0.3, 0.4) is 0 Å². The first-order chi connectivity index (χ1) is 10.4. The van der Waals surface area contributed by atoms with Crippen LogP contribution in [0.1, 0.15) is 20.7 Å². The Balaban J connectivity index is 2.46. The van der Waals surface area contributed by atoms with Crippen molar-refractivity contribution in [2.45, 2.75) is 0 Å². The topological polar surface area (TPSA) is 140 Å². The van der Waals surface area contributed by atoms with Crippen LogP contribution in [0, 0.1) is 0 Å². The lowest BCUT2D eigenvalue weighted by molar-refractivity contribution is 0.0686. The predicted molar refractivity (Wildman–Crippen MR) is 74.3 cm³/mol. The van der Waals surface area contributed by atoms with Gasteiger partial charge in [-0.25, -0.2) is 9.59 Å². The van der Waals surface area contributed by atoms with Crippen molar-refractivity contribution < 1.29 is 30.0 Å². The Hall–Kier alpha value is -3.42. The zero-order chi connectivity index (χ0) is 16.3. The molecule has 0 aromatic heterocycles. The molecule has 8 nitrogen and oxygen atoms in total. The first kappa shape index (κ1) is 15.0. The quantitative estimate of drug-likeness (QED) is 0.640. The third kappa shape index (κ3) is 3.18.